The summed E-state index contributed by atoms with van der Waals surface area (Å²) in [6.45, 7) is 0.0709. The summed E-state index contributed by atoms with van der Waals surface area (Å²) in [6.07, 6.45) is 1.42. The summed E-state index contributed by atoms with van der Waals surface area (Å²) in [5.74, 6) is -0.501. The van der Waals surface area contributed by atoms with Gasteiger partial charge in [-0.2, -0.15) is 0 Å². The molecular formula is C13H13ClFN3O2. The normalized spacial score (nSPS) is 10.6. The van der Waals surface area contributed by atoms with E-state index < -0.39 is 17.1 Å². The van der Waals surface area contributed by atoms with Crippen molar-refractivity contribution in [3.8, 4) is 0 Å². The third-order valence-corrected chi connectivity index (χ3v) is 3.25. The van der Waals surface area contributed by atoms with Crippen molar-refractivity contribution in [3.63, 3.8) is 0 Å². The second-order valence-electron chi connectivity index (χ2n) is 4.36. The number of halogens is 2. The fourth-order valence-corrected chi connectivity index (χ4v) is 2.08. The van der Waals surface area contributed by atoms with Crippen LogP contribution in [-0.4, -0.2) is 9.13 Å². The van der Waals surface area contributed by atoms with Crippen LogP contribution in [0.25, 0.3) is 0 Å². The van der Waals surface area contributed by atoms with E-state index in [2.05, 4.69) is 5.32 Å². The number of benzene rings is 1. The van der Waals surface area contributed by atoms with Crippen molar-refractivity contribution in [3.05, 3.63) is 61.6 Å². The number of anilines is 1. The van der Waals surface area contributed by atoms with E-state index in [4.69, 9.17) is 11.6 Å². The molecule has 0 aliphatic rings. The highest BCUT2D eigenvalue weighted by molar-refractivity contribution is 6.33. The van der Waals surface area contributed by atoms with Gasteiger partial charge in [-0.1, -0.05) is 17.7 Å². The van der Waals surface area contributed by atoms with Gasteiger partial charge < -0.3 is 9.88 Å². The zero-order chi connectivity index (χ0) is 14.9. The van der Waals surface area contributed by atoms with Crippen LogP contribution in [0, 0.1) is 5.82 Å². The largest absolute Gasteiger partial charge is 0.377 e. The molecule has 5 nitrogen and oxygen atoms in total. The van der Waals surface area contributed by atoms with Crippen LogP contribution in [0.4, 0.5) is 10.1 Å². The molecule has 0 spiro atoms. The average molecular weight is 298 g/mol. The highest BCUT2D eigenvalue weighted by Crippen LogP contribution is 2.24. The van der Waals surface area contributed by atoms with Crippen LogP contribution in [0.2, 0.25) is 5.02 Å². The maximum Gasteiger partial charge on any atom is 0.330 e. The molecule has 0 unspecified atom stereocenters. The van der Waals surface area contributed by atoms with Gasteiger partial charge in [-0.15, -0.1) is 0 Å². The number of rotatable bonds is 3. The quantitative estimate of drug-likeness (QED) is 0.934. The predicted octanol–water partition coefficient (Wildman–Crippen LogP) is 1.49. The molecule has 7 heteroatoms. The SMILES string of the molecule is Cn1cc(CNc2c(F)cccc2Cl)c(=O)n(C)c1=O. The smallest absolute Gasteiger partial charge is 0.330 e. The molecule has 0 radical (unpaired) electrons. The monoisotopic (exact) mass is 297 g/mol. The van der Waals surface area contributed by atoms with Gasteiger partial charge in [0.05, 0.1) is 16.3 Å². The van der Waals surface area contributed by atoms with Crippen molar-refractivity contribution in [2.75, 3.05) is 5.32 Å². The fourth-order valence-electron chi connectivity index (χ4n) is 1.85. The second-order valence-corrected chi connectivity index (χ2v) is 4.77. The van der Waals surface area contributed by atoms with E-state index in [0.29, 0.717) is 5.56 Å². The summed E-state index contributed by atoms with van der Waals surface area (Å²) in [5.41, 5.74) is -0.366. The summed E-state index contributed by atoms with van der Waals surface area (Å²) in [4.78, 5) is 23.5. The third-order valence-electron chi connectivity index (χ3n) is 2.94. The van der Waals surface area contributed by atoms with E-state index in [1.54, 1.807) is 13.1 Å². The van der Waals surface area contributed by atoms with Crippen LogP contribution in [0.5, 0.6) is 0 Å². The molecule has 1 aromatic carbocycles. The molecule has 1 N–H and O–H groups in total. The van der Waals surface area contributed by atoms with Gasteiger partial charge in [0.15, 0.2) is 0 Å². The number of para-hydroxylation sites is 1. The Balaban J connectivity index is 2.33. The van der Waals surface area contributed by atoms with E-state index >= 15 is 0 Å². The number of nitrogens with zero attached hydrogens (tertiary/aromatic N) is 2. The van der Waals surface area contributed by atoms with Gasteiger partial charge >= 0.3 is 5.69 Å². The Labute approximate surface area is 119 Å². The first-order chi connectivity index (χ1) is 9.41. The first kappa shape index (κ1) is 14.3. The molecule has 0 bridgehead atoms. The van der Waals surface area contributed by atoms with Crippen LogP contribution >= 0.6 is 11.6 Å². The molecule has 0 saturated carbocycles. The van der Waals surface area contributed by atoms with Crippen LogP contribution in [-0.2, 0) is 20.6 Å². The van der Waals surface area contributed by atoms with Crippen LogP contribution in [0.15, 0.2) is 34.0 Å². The van der Waals surface area contributed by atoms with Crippen molar-refractivity contribution in [1.29, 1.82) is 0 Å². The van der Waals surface area contributed by atoms with Crippen molar-refractivity contribution < 1.29 is 4.39 Å². The molecule has 0 atom stereocenters. The van der Waals surface area contributed by atoms with Crippen molar-refractivity contribution >= 4 is 17.3 Å². The molecule has 1 heterocycles. The van der Waals surface area contributed by atoms with Gasteiger partial charge in [0.2, 0.25) is 0 Å². The zero-order valence-electron chi connectivity index (χ0n) is 11.0. The lowest BCUT2D eigenvalue weighted by Gasteiger charge is -2.10. The van der Waals surface area contributed by atoms with E-state index in [-0.39, 0.29) is 17.3 Å². The molecular weight excluding hydrogens is 285 g/mol. The molecule has 20 heavy (non-hydrogen) atoms. The van der Waals surface area contributed by atoms with Gasteiger partial charge in [0, 0.05) is 26.8 Å². The predicted molar refractivity (Wildman–Crippen MR) is 75.7 cm³/mol. The Kier molecular flexibility index (Phi) is 3.94. The average Bonchev–Trinajstić information content (AvgIpc) is 2.41. The lowest BCUT2D eigenvalue weighted by atomic mass is 10.2. The molecule has 2 aromatic rings. The molecule has 0 saturated heterocycles. The number of hydrogen-bond acceptors (Lipinski definition) is 3. The summed E-state index contributed by atoms with van der Waals surface area (Å²) in [7, 11) is 2.94. The van der Waals surface area contributed by atoms with Crippen molar-refractivity contribution in [1.82, 2.24) is 9.13 Å². The second kappa shape index (κ2) is 5.50. The number of aryl methyl sites for hydroxylation is 1. The Morgan fingerprint density at radius 2 is 2.00 bits per heavy atom. The topological polar surface area (TPSA) is 56.0 Å². The zero-order valence-corrected chi connectivity index (χ0v) is 11.7. The fraction of sp³-hybridized carbons (Fsp3) is 0.231. The molecule has 1 aromatic heterocycles. The first-order valence-corrected chi connectivity index (χ1v) is 6.23. The van der Waals surface area contributed by atoms with E-state index in [0.717, 1.165) is 4.57 Å². The van der Waals surface area contributed by atoms with Crippen LogP contribution in [0.3, 0.4) is 0 Å². The van der Waals surface area contributed by atoms with Crippen molar-refractivity contribution in [2.24, 2.45) is 14.1 Å². The highest BCUT2D eigenvalue weighted by Gasteiger charge is 2.10. The summed E-state index contributed by atoms with van der Waals surface area (Å²) >= 11 is 5.88. The Morgan fingerprint density at radius 1 is 1.30 bits per heavy atom. The van der Waals surface area contributed by atoms with Gasteiger partial charge in [-0.3, -0.25) is 9.36 Å². The number of aromatic nitrogens is 2. The van der Waals surface area contributed by atoms with E-state index in [1.807, 2.05) is 0 Å². The lowest BCUT2D eigenvalue weighted by molar-refractivity contribution is 0.629. The summed E-state index contributed by atoms with van der Waals surface area (Å²) < 4.78 is 15.9. The summed E-state index contributed by atoms with van der Waals surface area (Å²) in [6, 6.07) is 4.31. The molecule has 2 rings (SSSR count). The van der Waals surface area contributed by atoms with Gasteiger partial charge in [0.25, 0.3) is 5.56 Å². The molecule has 0 fully saturated rings. The maximum atomic E-state index is 13.6. The minimum absolute atomic E-state index is 0.0709. The molecule has 0 aliphatic heterocycles. The lowest BCUT2D eigenvalue weighted by Crippen LogP contribution is -2.38. The van der Waals surface area contributed by atoms with Crippen LogP contribution in [0.1, 0.15) is 5.56 Å². The summed E-state index contributed by atoms with van der Waals surface area (Å²) in [5, 5.41) is 3.00. The maximum absolute atomic E-state index is 13.6. The minimum Gasteiger partial charge on any atom is -0.377 e. The van der Waals surface area contributed by atoms with Gasteiger partial charge in [0.1, 0.15) is 5.82 Å². The standard InChI is InChI=1S/C13H13ClFN3O2/c1-17-7-8(12(19)18(2)13(17)20)6-16-11-9(14)4-3-5-10(11)15/h3-5,7,16H,6H2,1-2H3. The molecule has 106 valence electrons. The Bertz CT molecular complexity index is 747. The first-order valence-electron chi connectivity index (χ1n) is 5.85. The number of nitrogens with one attached hydrogen (secondary N) is 1. The van der Waals surface area contributed by atoms with Gasteiger partial charge in [-0.25, -0.2) is 9.18 Å². The van der Waals surface area contributed by atoms with Crippen LogP contribution < -0.4 is 16.6 Å². The van der Waals surface area contributed by atoms with E-state index in [9.17, 15) is 14.0 Å². The molecule has 0 aliphatic carbocycles. The van der Waals surface area contributed by atoms with Gasteiger partial charge in [-0.05, 0) is 12.1 Å². The Hall–Kier alpha value is -2.08. The minimum atomic E-state index is -0.501. The molecule has 0 amide bonds. The van der Waals surface area contributed by atoms with E-state index in [1.165, 1.54) is 29.9 Å². The van der Waals surface area contributed by atoms with Crippen molar-refractivity contribution in [2.45, 2.75) is 6.54 Å². The third kappa shape index (κ3) is 2.60. The highest BCUT2D eigenvalue weighted by atomic mass is 35.5. The Morgan fingerprint density at radius 3 is 2.65 bits per heavy atom. The number of hydrogen-bond donors (Lipinski definition) is 1.